The smallest absolute Gasteiger partial charge is 0.262 e. The van der Waals surface area contributed by atoms with E-state index < -0.39 is 23.8 Å². The van der Waals surface area contributed by atoms with E-state index in [1.54, 1.807) is 12.1 Å². The molecule has 9 nitrogen and oxygen atoms in total. The molecule has 1 unspecified atom stereocenters. The van der Waals surface area contributed by atoms with Crippen LogP contribution in [0.5, 0.6) is 0 Å². The fourth-order valence-electron chi connectivity index (χ4n) is 5.97. The first-order chi connectivity index (χ1) is 15.4. The Bertz CT molecular complexity index is 1020. The molecule has 32 heavy (non-hydrogen) atoms. The zero-order valence-electron chi connectivity index (χ0n) is 17.9. The van der Waals surface area contributed by atoms with Gasteiger partial charge in [-0.3, -0.25) is 34.3 Å². The number of rotatable bonds is 3. The summed E-state index contributed by atoms with van der Waals surface area (Å²) >= 11 is 0. The largest absolute Gasteiger partial charge is 0.369 e. The highest BCUT2D eigenvalue weighted by atomic mass is 16.2. The van der Waals surface area contributed by atoms with E-state index in [1.165, 1.54) is 25.9 Å². The van der Waals surface area contributed by atoms with Crippen LogP contribution in [0, 0.1) is 5.41 Å². The van der Waals surface area contributed by atoms with Crippen LogP contribution < -0.4 is 15.5 Å². The van der Waals surface area contributed by atoms with E-state index in [-0.39, 0.29) is 18.7 Å². The minimum Gasteiger partial charge on any atom is -0.369 e. The summed E-state index contributed by atoms with van der Waals surface area (Å²) in [6.45, 7) is 6.11. The van der Waals surface area contributed by atoms with Crippen LogP contribution in [0.3, 0.4) is 0 Å². The molecule has 1 aromatic rings. The molecule has 4 fully saturated rings. The van der Waals surface area contributed by atoms with E-state index >= 15 is 0 Å². The zero-order valence-corrected chi connectivity index (χ0v) is 17.9. The van der Waals surface area contributed by atoms with E-state index in [4.69, 9.17) is 0 Å². The van der Waals surface area contributed by atoms with Gasteiger partial charge in [-0.2, -0.15) is 0 Å². The number of anilines is 1. The van der Waals surface area contributed by atoms with Crippen molar-refractivity contribution in [1.82, 2.24) is 20.4 Å². The van der Waals surface area contributed by atoms with E-state index in [1.807, 2.05) is 6.07 Å². The van der Waals surface area contributed by atoms with Crippen LogP contribution in [0.25, 0.3) is 0 Å². The van der Waals surface area contributed by atoms with Crippen LogP contribution in [0.2, 0.25) is 0 Å². The summed E-state index contributed by atoms with van der Waals surface area (Å²) in [5, 5.41) is 5.62. The third-order valence-electron chi connectivity index (χ3n) is 7.96. The third kappa shape index (κ3) is 2.98. The normalized spacial score (nSPS) is 27.9. The molecule has 1 aromatic carbocycles. The number of piperidine rings is 1. The maximum Gasteiger partial charge on any atom is 0.262 e. The second-order valence-corrected chi connectivity index (χ2v) is 9.87. The summed E-state index contributed by atoms with van der Waals surface area (Å²) in [6, 6.07) is 5.15. The second kappa shape index (κ2) is 7.11. The number of carbonyl (C=O) groups is 4. The van der Waals surface area contributed by atoms with E-state index in [0.29, 0.717) is 22.6 Å². The molecule has 4 amide bonds. The molecule has 1 spiro atoms. The van der Waals surface area contributed by atoms with Crippen LogP contribution in [0.1, 0.15) is 46.4 Å². The van der Waals surface area contributed by atoms with Gasteiger partial charge in [0.05, 0.1) is 11.1 Å². The summed E-state index contributed by atoms with van der Waals surface area (Å²) in [5.41, 5.74) is 2.18. The van der Waals surface area contributed by atoms with Crippen LogP contribution in [-0.4, -0.2) is 84.8 Å². The molecule has 5 aliphatic rings. The number of nitrogens with one attached hydrogen (secondary N) is 2. The minimum absolute atomic E-state index is 0.123. The monoisotopic (exact) mass is 437 g/mol. The van der Waals surface area contributed by atoms with Crippen molar-refractivity contribution < 1.29 is 19.2 Å². The van der Waals surface area contributed by atoms with Gasteiger partial charge in [0.25, 0.3) is 11.8 Å². The van der Waals surface area contributed by atoms with Gasteiger partial charge in [-0.1, -0.05) is 0 Å². The average Bonchev–Trinajstić information content (AvgIpc) is 2.97. The highest BCUT2D eigenvalue weighted by molar-refractivity contribution is 6.23. The van der Waals surface area contributed by atoms with E-state index in [2.05, 4.69) is 20.4 Å². The minimum atomic E-state index is -0.927. The fourth-order valence-corrected chi connectivity index (χ4v) is 5.97. The molecule has 2 N–H and O–H groups in total. The summed E-state index contributed by atoms with van der Waals surface area (Å²) in [7, 11) is 0. The quantitative estimate of drug-likeness (QED) is 0.640. The summed E-state index contributed by atoms with van der Waals surface area (Å²) < 4.78 is 0. The van der Waals surface area contributed by atoms with Crippen molar-refractivity contribution in [3.05, 3.63) is 29.3 Å². The second-order valence-electron chi connectivity index (χ2n) is 9.87. The molecule has 3 saturated heterocycles. The summed E-state index contributed by atoms with van der Waals surface area (Å²) in [4.78, 5) is 55.5. The Hall–Kier alpha value is -2.78. The standard InChI is InChI=1S/C23H27N5O4/c29-19-4-3-18(20(30)25-19)28-21(31)16-2-1-14(9-17(16)22(28)32)26-5-7-27(8-6-26)15-10-23(11-15)12-24-13-23/h1-2,9,15,18,24H,3-8,10-13H2,(H,25,29,30). The lowest BCUT2D eigenvalue weighted by atomic mass is 9.61. The van der Waals surface area contributed by atoms with Gasteiger partial charge >= 0.3 is 0 Å². The molecular weight excluding hydrogens is 410 g/mol. The molecule has 1 atom stereocenters. The highest BCUT2D eigenvalue weighted by Crippen LogP contribution is 2.46. The predicted octanol–water partition coefficient (Wildman–Crippen LogP) is -0.0382. The zero-order chi connectivity index (χ0) is 22.0. The number of carbonyl (C=O) groups excluding carboxylic acids is 4. The van der Waals surface area contributed by atoms with Gasteiger partial charge < -0.3 is 10.2 Å². The van der Waals surface area contributed by atoms with Crippen molar-refractivity contribution >= 4 is 29.3 Å². The Morgan fingerprint density at radius 2 is 1.62 bits per heavy atom. The molecule has 4 heterocycles. The molecule has 9 heteroatoms. The van der Waals surface area contributed by atoms with Gasteiger partial charge in [-0.05, 0) is 42.9 Å². The lowest BCUT2D eigenvalue weighted by molar-refractivity contribution is -0.136. The maximum absolute atomic E-state index is 13.1. The predicted molar refractivity (Wildman–Crippen MR) is 115 cm³/mol. The number of hydrogen-bond acceptors (Lipinski definition) is 7. The fraction of sp³-hybridized carbons (Fsp3) is 0.565. The van der Waals surface area contributed by atoms with Crippen molar-refractivity contribution in [1.29, 1.82) is 0 Å². The highest BCUT2D eigenvalue weighted by Gasteiger charge is 2.50. The van der Waals surface area contributed by atoms with Gasteiger partial charge in [0.15, 0.2) is 0 Å². The Morgan fingerprint density at radius 1 is 0.906 bits per heavy atom. The van der Waals surface area contributed by atoms with Crippen LogP contribution in [0.15, 0.2) is 18.2 Å². The van der Waals surface area contributed by atoms with Crippen molar-refractivity contribution in [3.63, 3.8) is 0 Å². The molecule has 0 bridgehead atoms. The Balaban J connectivity index is 1.13. The number of piperazine rings is 1. The Kier molecular flexibility index (Phi) is 4.42. The van der Waals surface area contributed by atoms with Crippen molar-refractivity contribution in [2.45, 2.75) is 37.8 Å². The SMILES string of the molecule is O=C1CCC(N2C(=O)c3ccc(N4CCN(C5CC6(CNC6)C5)CC4)cc3C2=O)C(=O)N1. The molecule has 1 aliphatic carbocycles. The topological polar surface area (TPSA) is 102 Å². The van der Waals surface area contributed by atoms with Crippen molar-refractivity contribution in [2.75, 3.05) is 44.2 Å². The molecule has 0 aromatic heterocycles. The number of nitrogens with zero attached hydrogens (tertiary/aromatic N) is 3. The van der Waals surface area contributed by atoms with Crippen molar-refractivity contribution in [3.8, 4) is 0 Å². The first kappa shape index (κ1) is 19.9. The third-order valence-corrected chi connectivity index (χ3v) is 7.96. The maximum atomic E-state index is 13.1. The Morgan fingerprint density at radius 3 is 2.28 bits per heavy atom. The molecule has 1 saturated carbocycles. The molecule has 168 valence electrons. The lowest BCUT2D eigenvalue weighted by Gasteiger charge is -2.58. The van der Waals surface area contributed by atoms with E-state index in [0.717, 1.165) is 36.8 Å². The number of fused-ring (bicyclic) bond motifs is 1. The van der Waals surface area contributed by atoms with Crippen LogP contribution >= 0.6 is 0 Å². The lowest BCUT2D eigenvalue weighted by Crippen LogP contribution is -2.66. The molecule has 6 rings (SSSR count). The Labute approximate surface area is 186 Å². The van der Waals surface area contributed by atoms with Gasteiger partial charge in [0, 0.05) is 57.4 Å². The number of hydrogen-bond donors (Lipinski definition) is 2. The number of benzene rings is 1. The van der Waals surface area contributed by atoms with Crippen LogP contribution in [0.4, 0.5) is 5.69 Å². The first-order valence-electron chi connectivity index (χ1n) is 11.5. The number of imide groups is 2. The van der Waals surface area contributed by atoms with Crippen LogP contribution in [-0.2, 0) is 9.59 Å². The van der Waals surface area contributed by atoms with Crippen molar-refractivity contribution in [2.24, 2.45) is 5.41 Å². The van der Waals surface area contributed by atoms with Gasteiger partial charge in [0.2, 0.25) is 11.8 Å². The molecular formula is C23H27N5O4. The van der Waals surface area contributed by atoms with E-state index in [9.17, 15) is 19.2 Å². The number of amides is 4. The summed E-state index contributed by atoms with van der Waals surface area (Å²) in [6.07, 6.45) is 2.89. The van der Waals surface area contributed by atoms with Gasteiger partial charge in [-0.25, -0.2) is 0 Å². The molecule has 4 aliphatic heterocycles. The first-order valence-corrected chi connectivity index (χ1v) is 11.5. The van der Waals surface area contributed by atoms with Gasteiger partial charge in [0.1, 0.15) is 6.04 Å². The summed E-state index contributed by atoms with van der Waals surface area (Å²) in [5.74, 6) is -1.86. The van der Waals surface area contributed by atoms with Gasteiger partial charge in [-0.15, -0.1) is 0 Å². The average molecular weight is 438 g/mol. The molecule has 0 radical (unpaired) electrons.